The Labute approximate surface area is 192 Å². The largest absolute Gasteiger partial charge is 0.379 e. The molecule has 0 N–H and O–H groups in total. The second kappa shape index (κ2) is 12.6. The molecule has 0 bridgehead atoms. The summed E-state index contributed by atoms with van der Waals surface area (Å²) in [6.45, 7) is 9.19. The fourth-order valence-corrected chi connectivity index (χ4v) is 5.43. The molecule has 2 fully saturated rings. The van der Waals surface area contributed by atoms with Crippen LogP contribution in [-0.4, -0.2) is 101 Å². The first-order chi connectivity index (χ1) is 15.5. The molecule has 0 aromatic heterocycles. The van der Waals surface area contributed by atoms with Crippen molar-refractivity contribution in [2.75, 3.05) is 72.2 Å². The van der Waals surface area contributed by atoms with Crippen molar-refractivity contribution in [3.63, 3.8) is 0 Å². The molecule has 0 aliphatic carbocycles. The van der Waals surface area contributed by atoms with E-state index in [9.17, 15) is 13.2 Å². The van der Waals surface area contributed by atoms with Crippen LogP contribution in [0.2, 0.25) is 0 Å². The first-order valence-corrected chi connectivity index (χ1v) is 13.2. The van der Waals surface area contributed by atoms with Crippen LogP contribution in [-0.2, 0) is 19.5 Å². The van der Waals surface area contributed by atoms with E-state index in [1.165, 1.54) is 10.7 Å². The summed E-state index contributed by atoms with van der Waals surface area (Å²) in [4.78, 5) is 17.7. The average molecular weight is 468 g/mol. The van der Waals surface area contributed by atoms with E-state index in [0.717, 1.165) is 58.7 Å². The Kier molecular flexibility index (Phi) is 9.92. The van der Waals surface area contributed by atoms with Gasteiger partial charge in [0.25, 0.3) is 5.91 Å². The van der Waals surface area contributed by atoms with Crippen molar-refractivity contribution in [3.8, 4) is 0 Å². The van der Waals surface area contributed by atoms with Crippen molar-refractivity contribution in [2.45, 2.75) is 37.5 Å². The van der Waals surface area contributed by atoms with Gasteiger partial charge in [0.05, 0.1) is 31.3 Å². The highest BCUT2D eigenvalue weighted by atomic mass is 32.2. The van der Waals surface area contributed by atoms with Gasteiger partial charge in [-0.3, -0.25) is 9.69 Å². The number of rotatable bonds is 11. The molecule has 0 unspecified atom stereocenters. The van der Waals surface area contributed by atoms with E-state index in [-0.39, 0.29) is 10.8 Å². The van der Waals surface area contributed by atoms with Gasteiger partial charge in [0.1, 0.15) is 0 Å². The molecule has 180 valence electrons. The van der Waals surface area contributed by atoms with Gasteiger partial charge in [0.15, 0.2) is 0 Å². The fourth-order valence-electron chi connectivity index (χ4n) is 4.02. The van der Waals surface area contributed by atoms with Gasteiger partial charge in [0, 0.05) is 51.4 Å². The van der Waals surface area contributed by atoms with Crippen LogP contribution in [0, 0.1) is 0 Å². The smallest absolute Gasteiger partial charge is 0.253 e. The van der Waals surface area contributed by atoms with Gasteiger partial charge in [-0.25, -0.2) is 8.42 Å². The zero-order valence-corrected chi connectivity index (χ0v) is 20.0. The molecule has 2 heterocycles. The third kappa shape index (κ3) is 6.99. The number of ether oxygens (including phenoxy) is 2. The Bertz CT molecular complexity index is 803. The molecule has 0 radical (unpaired) electrons. The molecular formula is C23H37N3O5S. The van der Waals surface area contributed by atoms with E-state index < -0.39 is 10.0 Å². The summed E-state index contributed by atoms with van der Waals surface area (Å²) in [5.41, 5.74) is 0.531. The Morgan fingerprint density at radius 2 is 1.53 bits per heavy atom. The van der Waals surface area contributed by atoms with Gasteiger partial charge >= 0.3 is 0 Å². The molecule has 0 saturated carbocycles. The summed E-state index contributed by atoms with van der Waals surface area (Å²) in [7, 11) is -3.56. The predicted octanol–water partition coefficient (Wildman–Crippen LogP) is 2.06. The number of sulfonamides is 1. The molecule has 1 amide bonds. The van der Waals surface area contributed by atoms with Crippen LogP contribution >= 0.6 is 0 Å². The average Bonchev–Trinajstić information content (AvgIpc) is 2.84. The highest BCUT2D eigenvalue weighted by Crippen LogP contribution is 2.19. The van der Waals surface area contributed by atoms with E-state index in [1.54, 1.807) is 24.3 Å². The van der Waals surface area contributed by atoms with Gasteiger partial charge in [-0.2, -0.15) is 4.31 Å². The first-order valence-electron chi connectivity index (χ1n) is 11.8. The maximum atomic E-state index is 13.3. The molecule has 2 saturated heterocycles. The lowest BCUT2D eigenvalue weighted by atomic mass is 10.1. The maximum Gasteiger partial charge on any atom is 0.253 e. The standard InChI is InChI=1S/C23H37N3O5S/c1-2-3-4-5-10-25(12-11-24-13-17-30-18-14-24)23(27)21-6-8-22(9-7-21)32(28,29)26-15-19-31-20-16-26/h6-9H,2-5,10-20H2,1H3. The lowest BCUT2D eigenvalue weighted by Crippen LogP contribution is -2.43. The lowest BCUT2D eigenvalue weighted by molar-refractivity contribution is 0.0324. The zero-order chi connectivity index (χ0) is 22.8. The monoisotopic (exact) mass is 467 g/mol. The molecule has 8 nitrogen and oxygen atoms in total. The second-order valence-electron chi connectivity index (χ2n) is 8.35. The number of amides is 1. The number of carbonyl (C=O) groups excluding carboxylic acids is 1. The number of nitrogens with zero attached hydrogens (tertiary/aromatic N) is 3. The summed E-state index contributed by atoms with van der Waals surface area (Å²) in [6.07, 6.45) is 4.40. The highest BCUT2D eigenvalue weighted by molar-refractivity contribution is 7.89. The topological polar surface area (TPSA) is 79.4 Å². The molecule has 2 aliphatic rings. The van der Waals surface area contributed by atoms with E-state index in [1.807, 2.05) is 4.90 Å². The summed E-state index contributed by atoms with van der Waals surface area (Å²) in [5, 5.41) is 0. The number of unbranched alkanes of at least 4 members (excludes halogenated alkanes) is 3. The molecule has 2 aliphatic heterocycles. The van der Waals surface area contributed by atoms with Crippen LogP contribution in [0.25, 0.3) is 0 Å². The predicted molar refractivity (Wildman–Crippen MR) is 123 cm³/mol. The summed E-state index contributed by atoms with van der Waals surface area (Å²) in [6, 6.07) is 6.39. The second-order valence-corrected chi connectivity index (χ2v) is 10.3. The minimum absolute atomic E-state index is 0.0370. The van der Waals surface area contributed by atoms with E-state index >= 15 is 0 Å². The lowest BCUT2D eigenvalue weighted by Gasteiger charge is -2.30. The van der Waals surface area contributed by atoms with Gasteiger partial charge < -0.3 is 14.4 Å². The number of hydrogen-bond acceptors (Lipinski definition) is 6. The van der Waals surface area contributed by atoms with Crippen LogP contribution in [0.5, 0.6) is 0 Å². The number of morpholine rings is 2. The Morgan fingerprint density at radius 3 is 2.16 bits per heavy atom. The first kappa shape index (κ1) is 25.1. The Balaban J connectivity index is 1.65. The summed E-state index contributed by atoms with van der Waals surface area (Å²) in [5.74, 6) is -0.0370. The van der Waals surface area contributed by atoms with Crippen molar-refractivity contribution in [1.82, 2.24) is 14.1 Å². The van der Waals surface area contributed by atoms with Crippen molar-refractivity contribution in [1.29, 1.82) is 0 Å². The van der Waals surface area contributed by atoms with Gasteiger partial charge in [-0.15, -0.1) is 0 Å². The molecule has 3 rings (SSSR count). The molecule has 9 heteroatoms. The number of hydrogen-bond donors (Lipinski definition) is 0. The summed E-state index contributed by atoms with van der Waals surface area (Å²) < 4.78 is 37.8. The third-order valence-corrected chi connectivity index (χ3v) is 7.98. The molecular weight excluding hydrogens is 430 g/mol. The van der Waals surface area contributed by atoms with Gasteiger partial charge in [-0.1, -0.05) is 26.2 Å². The van der Waals surface area contributed by atoms with Crippen molar-refractivity contribution < 1.29 is 22.7 Å². The fraction of sp³-hybridized carbons (Fsp3) is 0.696. The normalized spacial score (nSPS) is 18.5. The third-order valence-electron chi connectivity index (χ3n) is 6.07. The van der Waals surface area contributed by atoms with E-state index in [4.69, 9.17) is 9.47 Å². The maximum absolute atomic E-state index is 13.3. The Hall–Kier alpha value is -1.52. The molecule has 1 aromatic rings. The quantitative estimate of drug-likeness (QED) is 0.464. The minimum Gasteiger partial charge on any atom is -0.379 e. The van der Waals surface area contributed by atoms with Gasteiger partial charge in [-0.05, 0) is 30.7 Å². The SMILES string of the molecule is CCCCCCN(CCN1CCOCC1)C(=O)c1ccc(S(=O)(=O)N2CCOCC2)cc1. The van der Waals surface area contributed by atoms with Crippen LogP contribution in [0.4, 0.5) is 0 Å². The van der Waals surface area contributed by atoms with Crippen LogP contribution < -0.4 is 0 Å². The van der Waals surface area contributed by atoms with Crippen molar-refractivity contribution in [3.05, 3.63) is 29.8 Å². The molecule has 32 heavy (non-hydrogen) atoms. The van der Waals surface area contributed by atoms with Crippen LogP contribution in [0.3, 0.4) is 0 Å². The molecule has 0 spiro atoms. The minimum atomic E-state index is -3.56. The van der Waals surface area contributed by atoms with Crippen molar-refractivity contribution >= 4 is 15.9 Å². The van der Waals surface area contributed by atoms with E-state index in [2.05, 4.69) is 11.8 Å². The number of benzene rings is 1. The zero-order valence-electron chi connectivity index (χ0n) is 19.2. The molecule has 1 aromatic carbocycles. The summed E-state index contributed by atoms with van der Waals surface area (Å²) >= 11 is 0. The van der Waals surface area contributed by atoms with Crippen LogP contribution in [0.15, 0.2) is 29.2 Å². The van der Waals surface area contributed by atoms with Crippen LogP contribution in [0.1, 0.15) is 43.0 Å². The Morgan fingerprint density at radius 1 is 0.906 bits per heavy atom. The molecule has 0 atom stereocenters. The van der Waals surface area contributed by atoms with Gasteiger partial charge in [0.2, 0.25) is 10.0 Å². The number of carbonyl (C=O) groups is 1. The van der Waals surface area contributed by atoms with Crippen molar-refractivity contribution in [2.24, 2.45) is 0 Å². The highest BCUT2D eigenvalue weighted by Gasteiger charge is 2.27. The van der Waals surface area contributed by atoms with E-state index in [0.29, 0.717) is 38.4 Å².